The van der Waals surface area contributed by atoms with Crippen LogP contribution in [0.1, 0.15) is 30.7 Å². The Balaban J connectivity index is 1.47. The number of nitrogens with one attached hydrogen (secondary N) is 2. The number of anilines is 2. The quantitative estimate of drug-likeness (QED) is 0.503. The minimum absolute atomic E-state index is 0.0679. The lowest BCUT2D eigenvalue weighted by Crippen LogP contribution is -2.37. The minimum Gasteiger partial charge on any atom is -0.343 e. The molecule has 1 aliphatic rings. The SMILES string of the molecule is CCN(CC)C(=O)C1CCc2c(sc3ncnc(Nc4ccc5[nH]ncc5c4)c23)C1. The number of nitrogens with zero attached hydrogens (tertiary/aromatic N) is 4. The smallest absolute Gasteiger partial charge is 0.226 e. The number of carbonyl (C=O) groups is 1. The molecule has 0 bridgehead atoms. The molecule has 0 radical (unpaired) electrons. The Kier molecular flexibility index (Phi) is 4.86. The molecule has 4 aromatic rings. The van der Waals surface area contributed by atoms with E-state index in [-0.39, 0.29) is 11.8 Å². The lowest BCUT2D eigenvalue weighted by atomic mass is 9.87. The molecular formula is C22H24N6OS. The molecule has 154 valence electrons. The maximum atomic E-state index is 12.9. The van der Waals surface area contributed by atoms with Gasteiger partial charge in [-0.15, -0.1) is 11.3 Å². The van der Waals surface area contributed by atoms with Crippen molar-refractivity contribution in [2.24, 2.45) is 5.92 Å². The molecule has 30 heavy (non-hydrogen) atoms. The Bertz CT molecular complexity index is 1230. The lowest BCUT2D eigenvalue weighted by molar-refractivity contribution is -0.135. The Morgan fingerprint density at radius 3 is 3.00 bits per heavy atom. The first kappa shape index (κ1) is 19.0. The van der Waals surface area contributed by atoms with Gasteiger partial charge in [0.15, 0.2) is 0 Å². The van der Waals surface area contributed by atoms with Gasteiger partial charge in [0, 0.05) is 35.0 Å². The van der Waals surface area contributed by atoms with Crippen LogP contribution in [0.3, 0.4) is 0 Å². The molecule has 3 heterocycles. The van der Waals surface area contributed by atoms with Crippen LogP contribution in [0.5, 0.6) is 0 Å². The van der Waals surface area contributed by atoms with Crippen molar-refractivity contribution in [3.63, 3.8) is 0 Å². The Morgan fingerprint density at radius 1 is 1.30 bits per heavy atom. The van der Waals surface area contributed by atoms with Gasteiger partial charge in [0.25, 0.3) is 0 Å². The van der Waals surface area contributed by atoms with Crippen LogP contribution in [0, 0.1) is 5.92 Å². The summed E-state index contributed by atoms with van der Waals surface area (Å²) in [5, 5.41) is 12.7. The van der Waals surface area contributed by atoms with Gasteiger partial charge >= 0.3 is 0 Å². The second-order valence-electron chi connectivity index (χ2n) is 7.65. The number of hydrogen-bond acceptors (Lipinski definition) is 6. The number of fused-ring (bicyclic) bond motifs is 4. The van der Waals surface area contributed by atoms with Gasteiger partial charge in [-0.1, -0.05) is 0 Å². The molecule has 1 amide bonds. The number of thiophene rings is 1. The maximum absolute atomic E-state index is 12.9. The van der Waals surface area contributed by atoms with Crippen LogP contribution in [0.15, 0.2) is 30.7 Å². The van der Waals surface area contributed by atoms with E-state index >= 15 is 0 Å². The van der Waals surface area contributed by atoms with E-state index in [2.05, 4.69) is 31.5 Å². The standard InChI is InChI=1S/C22H24N6OS/c1-3-28(4-2)22(29)13-5-7-16-18(10-13)30-21-19(16)20(23-12-24-21)26-15-6-8-17-14(9-15)11-25-27-17/h6,8-9,11-13H,3-5,7,10H2,1-2H3,(H,25,27)(H,23,24,26). The highest BCUT2D eigenvalue weighted by Crippen LogP contribution is 2.40. The van der Waals surface area contributed by atoms with Crippen LogP contribution in [0.4, 0.5) is 11.5 Å². The summed E-state index contributed by atoms with van der Waals surface area (Å²) < 4.78 is 0. The van der Waals surface area contributed by atoms with E-state index < -0.39 is 0 Å². The number of aryl methyl sites for hydroxylation is 1. The van der Waals surface area contributed by atoms with Crippen molar-refractivity contribution < 1.29 is 4.79 Å². The fourth-order valence-corrected chi connectivity index (χ4v) is 5.63. The first-order valence-electron chi connectivity index (χ1n) is 10.4. The van der Waals surface area contributed by atoms with E-state index in [0.717, 1.165) is 65.0 Å². The molecule has 8 heteroatoms. The fourth-order valence-electron chi connectivity index (χ4n) is 4.37. The average Bonchev–Trinajstić information content (AvgIpc) is 3.38. The highest BCUT2D eigenvalue weighted by atomic mass is 32.1. The van der Waals surface area contributed by atoms with Crippen molar-refractivity contribution in [1.82, 2.24) is 25.1 Å². The van der Waals surface area contributed by atoms with Crippen molar-refractivity contribution in [2.45, 2.75) is 33.1 Å². The predicted octanol–water partition coefficient (Wildman–Crippen LogP) is 4.28. The lowest BCUT2D eigenvalue weighted by Gasteiger charge is -2.27. The molecule has 0 spiro atoms. The Labute approximate surface area is 178 Å². The third-order valence-electron chi connectivity index (χ3n) is 5.97. The number of benzene rings is 1. The average molecular weight is 421 g/mol. The summed E-state index contributed by atoms with van der Waals surface area (Å²) in [6, 6.07) is 6.09. The second-order valence-corrected chi connectivity index (χ2v) is 8.74. The topological polar surface area (TPSA) is 86.8 Å². The molecule has 1 atom stereocenters. The van der Waals surface area contributed by atoms with Crippen molar-refractivity contribution in [3.05, 3.63) is 41.2 Å². The van der Waals surface area contributed by atoms with Crippen LogP contribution in [0.2, 0.25) is 0 Å². The molecule has 0 fully saturated rings. The summed E-state index contributed by atoms with van der Waals surface area (Å²) in [4.78, 5) is 26.1. The van der Waals surface area contributed by atoms with Crippen molar-refractivity contribution in [2.75, 3.05) is 18.4 Å². The van der Waals surface area contributed by atoms with E-state index in [9.17, 15) is 4.79 Å². The number of hydrogen-bond donors (Lipinski definition) is 2. The molecule has 0 saturated carbocycles. The summed E-state index contributed by atoms with van der Waals surface area (Å²) in [7, 11) is 0. The summed E-state index contributed by atoms with van der Waals surface area (Å²) >= 11 is 1.70. The summed E-state index contributed by atoms with van der Waals surface area (Å²) in [5.41, 5.74) is 3.27. The van der Waals surface area contributed by atoms with Crippen molar-refractivity contribution >= 4 is 49.9 Å². The number of aromatic amines is 1. The van der Waals surface area contributed by atoms with Gasteiger partial charge < -0.3 is 10.2 Å². The number of aromatic nitrogens is 4. The molecule has 1 aliphatic carbocycles. The van der Waals surface area contributed by atoms with Gasteiger partial charge in [-0.25, -0.2) is 9.97 Å². The molecule has 0 aliphatic heterocycles. The molecular weight excluding hydrogens is 396 g/mol. The van der Waals surface area contributed by atoms with E-state index in [4.69, 9.17) is 0 Å². The fraction of sp³-hybridized carbons (Fsp3) is 0.364. The second kappa shape index (κ2) is 7.68. The van der Waals surface area contributed by atoms with Crippen LogP contribution in [-0.2, 0) is 17.6 Å². The summed E-state index contributed by atoms with van der Waals surface area (Å²) in [5.74, 6) is 1.17. The third-order valence-corrected chi connectivity index (χ3v) is 7.13. The summed E-state index contributed by atoms with van der Waals surface area (Å²) in [6.07, 6.45) is 5.99. The molecule has 5 rings (SSSR count). The molecule has 3 aromatic heterocycles. The van der Waals surface area contributed by atoms with Crippen LogP contribution >= 0.6 is 11.3 Å². The van der Waals surface area contributed by atoms with Gasteiger partial charge in [0.05, 0.1) is 17.1 Å². The Morgan fingerprint density at radius 2 is 2.17 bits per heavy atom. The van der Waals surface area contributed by atoms with Crippen LogP contribution < -0.4 is 5.32 Å². The number of H-pyrrole nitrogens is 1. The molecule has 1 unspecified atom stereocenters. The zero-order valence-corrected chi connectivity index (χ0v) is 17.9. The van der Waals surface area contributed by atoms with Gasteiger partial charge in [0.2, 0.25) is 5.91 Å². The third kappa shape index (κ3) is 3.21. The van der Waals surface area contributed by atoms with E-state index in [1.807, 2.05) is 37.1 Å². The molecule has 2 N–H and O–H groups in total. The minimum atomic E-state index is 0.0679. The van der Waals surface area contributed by atoms with Gasteiger partial charge in [-0.2, -0.15) is 5.10 Å². The summed E-state index contributed by atoms with van der Waals surface area (Å²) in [6.45, 7) is 5.63. The largest absolute Gasteiger partial charge is 0.343 e. The normalized spacial score (nSPS) is 16.0. The predicted molar refractivity (Wildman–Crippen MR) is 120 cm³/mol. The zero-order chi connectivity index (χ0) is 20.7. The molecule has 0 saturated heterocycles. The Hall–Kier alpha value is -3.00. The van der Waals surface area contributed by atoms with E-state index in [1.54, 1.807) is 17.7 Å². The van der Waals surface area contributed by atoms with Crippen molar-refractivity contribution in [3.8, 4) is 0 Å². The molecule has 1 aromatic carbocycles. The highest BCUT2D eigenvalue weighted by molar-refractivity contribution is 7.19. The monoisotopic (exact) mass is 420 g/mol. The molecule has 7 nitrogen and oxygen atoms in total. The first-order chi connectivity index (χ1) is 14.7. The maximum Gasteiger partial charge on any atom is 0.226 e. The van der Waals surface area contributed by atoms with E-state index in [0.29, 0.717) is 0 Å². The highest BCUT2D eigenvalue weighted by Gasteiger charge is 2.30. The van der Waals surface area contributed by atoms with Gasteiger partial charge in [-0.3, -0.25) is 9.89 Å². The number of rotatable bonds is 5. The number of amides is 1. The van der Waals surface area contributed by atoms with Gasteiger partial charge in [-0.05, 0) is 56.9 Å². The first-order valence-corrected chi connectivity index (χ1v) is 11.2. The van der Waals surface area contributed by atoms with Crippen molar-refractivity contribution in [1.29, 1.82) is 0 Å². The van der Waals surface area contributed by atoms with Gasteiger partial charge in [0.1, 0.15) is 17.0 Å². The zero-order valence-electron chi connectivity index (χ0n) is 17.1. The number of carbonyl (C=O) groups excluding carboxylic acids is 1. The van der Waals surface area contributed by atoms with E-state index in [1.165, 1.54) is 10.4 Å². The van der Waals surface area contributed by atoms with Crippen LogP contribution in [0.25, 0.3) is 21.1 Å². The van der Waals surface area contributed by atoms with Crippen LogP contribution in [-0.4, -0.2) is 44.1 Å².